The van der Waals surface area contributed by atoms with Gasteiger partial charge in [0.2, 0.25) is 0 Å². The maximum atomic E-state index is 14.9. The average molecular weight is 508 g/mol. The van der Waals surface area contributed by atoms with Gasteiger partial charge in [0.05, 0.1) is 19.7 Å². The first-order chi connectivity index (χ1) is 13.5. The van der Waals surface area contributed by atoms with Gasteiger partial charge in [-0.25, -0.2) is 4.39 Å². The van der Waals surface area contributed by atoms with Crippen LogP contribution < -0.4 is 15.0 Å². The van der Waals surface area contributed by atoms with Crippen molar-refractivity contribution in [1.82, 2.24) is 0 Å². The van der Waals surface area contributed by atoms with Crippen molar-refractivity contribution in [3.63, 3.8) is 0 Å². The molecule has 2 aliphatic rings. The van der Waals surface area contributed by atoms with E-state index in [4.69, 9.17) is 4.74 Å². The largest absolute Gasteiger partial charge is 0.497 e. The Labute approximate surface area is 181 Å². The SMILES string of the molecule is COc1cccc(NCC(F)CN2c3ccc(Br)cc3C3C=C(Br)C=CC32)c1. The van der Waals surface area contributed by atoms with Crippen LogP contribution in [0.1, 0.15) is 11.5 Å². The molecule has 2 aromatic rings. The first-order valence-corrected chi connectivity index (χ1v) is 10.8. The number of ether oxygens (including phenoxy) is 1. The number of hydrogen-bond acceptors (Lipinski definition) is 3. The molecule has 3 nitrogen and oxygen atoms in total. The predicted octanol–water partition coefficient (Wildman–Crippen LogP) is 6.03. The number of anilines is 2. The molecule has 0 radical (unpaired) electrons. The zero-order valence-corrected chi connectivity index (χ0v) is 18.6. The van der Waals surface area contributed by atoms with Crippen LogP contribution in [0.4, 0.5) is 15.8 Å². The molecule has 6 heteroatoms. The minimum absolute atomic E-state index is 0.140. The number of hydrogen-bond donors (Lipinski definition) is 1. The number of methoxy groups -OCH3 is 1. The molecule has 28 heavy (non-hydrogen) atoms. The molecule has 1 aliphatic heterocycles. The summed E-state index contributed by atoms with van der Waals surface area (Å²) in [6.07, 6.45) is 5.41. The van der Waals surface area contributed by atoms with Gasteiger partial charge in [0.25, 0.3) is 0 Å². The molecule has 4 rings (SSSR count). The van der Waals surface area contributed by atoms with Crippen LogP contribution in [0.25, 0.3) is 0 Å². The number of nitrogens with one attached hydrogen (secondary N) is 1. The summed E-state index contributed by atoms with van der Waals surface area (Å²) in [5.74, 6) is 0.984. The monoisotopic (exact) mass is 506 g/mol. The Morgan fingerprint density at radius 1 is 1.21 bits per heavy atom. The Kier molecular flexibility index (Phi) is 5.78. The smallest absolute Gasteiger partial charge is 0.135 e. The molecule has 0 aromatic heterocycles. The molecule has 0 bridgehead atoms. The molecule has 3 atom stereocenters. The van der Waals surface area contributed by atoms with E-state index in [9.17, 15) is 4.39 Å². The van der Waals surface area contributed by atoms with Crippen molar-refractivity contribution >= 4 is 43.2 Å². The number of halogens is 3. The maximum Gasteiger partial charge on any atom is 0.135 e. The lowest BCUT2D eigenvalue weighted by atomic mass is 9.91. The second-order valence-corrected chi connectivity index (χ2v) is 8.82. The molecule has 146 valence electrons. The average Bonchev–Trinajstić information content (AvgIpc) is 2.99. The van der Waals surface area contributed by atoms with Crippen LogP contribution in [0.15, 0.2) is 69.6 Å². The van der Waals surface area contributed by atoms with Crippen LogP contribution in [0.3, 0.4) is 0 Å². The number of allylic oxidation sites excluding steroid dienone is 2. The molecule has 1 aliphatic carbocycles. The summed E-state index contributed by atoms with van der Waals surface area (Å²) in [5.41, 5.74) is 3.19. The Hall–Kier alpha value is -1.79. The second-order valence-electron chi connectivity index (χ2n) is 6.99. The van der Waals surface area contributed by atoms with Gasteiger partial charge in [-0.15, -0.1) is 0 Å². The highest BCUT2D eigenvalue weighted by molar-refractivity contribution is 9.12. The van der Waals surface area contributed by atoms with E-state index >= 15 is 0 Å². The van der Waals surface area contributed by atoms with Crippen LogP contribution in [0.5, 0.6) is 5.75 Å². The van der Waals surface area contributed by atoms with Crippen LogP contribution in [-0.2, 0) is 0 Å². The third kappa shape index (κ3) is 3.98. The van der Waals surface area contributed by atoms with Crippen molar-refractivity contribution in [3.05, 3.63) is 75.2 Å². The first-order valence-electron chi connectivity index (χ1n) is 9.19. The van der Waals surface area contributed by atoms with E-state index in [1.54, 1.807) is 7.11 Å². The third-order valence-electron chi connectivity index (χ3n) is 5.17. The molecule has 2 aromatic carbocycles. The van der Waals surface area contributed by atoms with Gasteiger partial charge in [-0.2, -0.15) is 0 Å². The predicted molar refractivity (Wildman–Crippen MR) is 121 cm³/mol. The molecule has 3 unspecified atom stereocenters. The minimum Gasteiger partial charge on any atom is -0.497 e. The lowest BCUT2D eigenvalue weighted by Gasteiger charge is -2.30. The van der Waals surface area contributed by atoms with E-state index in [1.165, 1.54) is 5.56 Å². The molecule has 0 spiro atoms. The van der Waals surface area contributed by atoms with Gasteiger partial charge in [0, 0.05) is 38.9 Å². The van der Waals surface area contributed by atoms with E-state index < -0.39 is 6.17 Å². The first kappa shape index (κ1) is 19.5. The van der Waals surface area contributed by atoms with Gasteiger partial charge in [0.15, 0.2) is 0 Å². The molecule has 0 saturated carbocycles. The minimum atomic E-state index is -1.01. The van der Waals surface area contributed by atoms with Gasteiger partial charge in [-0.3, -0.25) is 0 Å². The van der Waals surface area contributed by atoms with Crippen molar-refractivity contribution in [2.45, 2.75) is 18.1 Å². The number of fused-ring (bicyclic) bond motifs is 3. The van der Waals surface area contributed by atoms with E-state index in [0.717, 1.165) is 26.1 Å². The molecule has 0 amide bonds. The van der Waals surface area contributed by atoms with E-state index in [2.05, 4.69) is 72.4 Å². The van der Waals surface area contributed by atoms with Gasteiger partial charge < -0.3 is 15.0 Å². The summed E-state index contributed by atoms with van der Waals surface area (Å²) in [7, 11) is 1.63. The lowest BCUT2D eigenvalue weighted by Crippen LogP contribution is -2.39. The zero-order chi connectivity index (χ0) is 19.7. The van der Waals surface area contributed by atoms with Crippen molar-refractivity contribution < 1.29 is 9.13 Å². The summed E-state index contributed by atoms with van der Waals surface area (Å²) in [6, 6.07) is 13.9. The number of rotatable bonds is 6. The fourth-order valence-electron chi connectivity index (χ4n) is 3.88. The Balaban J connectivity index is 1.48. The van der Waals surface area contributed by atoms with Crippen LogP contribution in [-0.4, -0.2) is 32.4 Å². The molecule has 0 fully saturated rings. The van der Waals surface area contributed by atoms with Gasteiger partial charge >= 0.3 is 0 Å². The summed E-state index contributed by atoms with van der Waals surface area (Å²) >= 11 is 7.14. The van der Waals surface area contributed by atoms with Gasteiger partial charge in [-0.05, 0) is 35.9 Å². The van der Waals surface area contributed by atoms with Crippen molar-refractivity contribution in [2.75, 3.05) is 30.4 Å². The van der Waals surface area contributed by atoms with Gasteiger partial charge in [0.1, 0.15) is 11.9 Å². The lowest BCUT2D eigenvalue weighted by molar-refractivity contribution is 0.346. The second kappa shape index (κ2) is 8.29. The van der Waals surface area contributed by atoms with E-state index in [-0.39, 0.29) is 18.5 Å². The topological polar surface area (TPSA) is 24.5 Å². The fraction of sp³-hybridized carbons (Fsp3) is 0.273. The normalized spacial score (nSPS) is 21.0. The molecule has 1 heterocycles. The molecule has 0 saturated heterocycles. The molecular weight excluding hydrogens is 487 g/mol. The maximum absolute atomic E-state index is 14.9. The third-order valence-corrected chi connectivity index (χ3v) is 6.19. The standard InChI is InChI=1S/C22H21Br2FN2O/c1-28-18-4-2-3-17(11-18)26-12-16(25)13-27-21-7-5-14(23)9-19(21)20-10-15(24)6-8-22(20)27/h2-11,16,19,21,26H,12-13H2,1H3. The summed E-state index contributed by atoms with van der Waals surface area (Å²) < 4.78 is 22.3. The number of nitrogens with zero attached hydrogens (tertiary/aromatic N) is 1. The van der Waals surface area contributed by atoms with E-state index in [1.807, 2.05) is 30.3 Å². The van der Waals surface area contributed by atoms with Crippen LogP contribution in [0.2, 0.25) is 0 Å². The Morgan fingerprint density at radius 2 is 2.07 bits per heavy atom. The molecular formula is C22H21Br2FN2O. The van der Waals surface area contributed by atoms with Crippen molar-refractivity contribution in [1.29, 1.82) is 0 Å². The fourth-order valence-corrected chi connectivity index (χ4v) is 4.70. The zero-order valence-electron chi connectivity index (χ0n) is 15.4. The number of alkyl halides is 1. The van der Waals surface area contributed by atoms with Crippen LogP contribution in [0, 0.1) is 0 Å². The van der Waals surface area contributed by atoms with Crippen molar-refractivity contribution in [3.8, 4) is 5.75 Å². The Morgan fingerprint density at radius 3 is 2.89 bits per heavy atom. The van der Waals surface area contributed by atoms with E-state index in [0.29, 0.717) is 6.54 Å². The summed E-state index contributed by atoms with van der Waals surface area (Å²) in [6.45, 7) is 0.582. The van der Waals surface area contributed by atoms with Crippen LogP contribution >= 0.6 is 31.9 Å². The van der Waals surface area contributed by atoms with Crippen molar-refractivity contribution in [2.24, 2.45) is 0 Å². The summed E-state index contributed by atoms with van der Waals surface area (Å²) in [4.78, 5) is 2.18. The summed E-state index contributed by atoms with van der Waals surface area (Å²) in [5, 5.41) is 3.18. The highest BCUT2D eigenvalue weighted by atomic mass is 79.9. The molecule has 1 N–H and O–H groups in total. The highest BCUT2D eigenvalue weighted by Gasteiger charge is 2.38. The van der Waals surface area contributed by atoms with Gasteiger partial charge in [-0.1, -0.05) is 56.2 Å². The highest BCUT2D eigenvalue weighted by Crippen LogP contribution is 2.46. The number of benzene rings is 2. The quantitative estimate of drug-likeness (QED) is 0.516. The Bertz CT molecular complexity index is 931.